The summed E-state index contributed by atoms with van der Waals surface area (Å²) in [5.41, 5.74) is 3.23. The molecule has 0 atom stereocenters. The van der Waals surface area contributed by atoms with Crippen molar-refractivity contribution in [3.63, 3.8) is 0 Å². The van der Waals surface area contributed by atoms with Crippen molar-refractivity contribution in [2.45, 2.75) is 38.5 Å². The molecule has 0 saturated heterocycles. The quantitative estimate of drug-likeness (QED) is 0.889. The minimum Gasteiger partial charge on any atom is -0.312 e. The summed E-state index contributed by atoms with van der Waals surface area (Å²) in [6.45, 7) is 6.27. The summed E-state index contributed by atoms with van der Waals surface area (Å²) in [6.07, 6.45) is 1.81. The van der Waals surface area contributed by atoms with Gasteiger partial charge in [0, 0.05) is 18.2 Å². The predicted octanol–water partition coefficient (Wildman–Crippen LogP) is 3.73. The zero-order chi connectivity index (χ0) is 18.9. The van der Waals surface area contributed by atoms with Gasteiger partial charge in [-0.1, -0.05) is 32.0 Å². The third-order valence-electron chi connectivity index (χ3n) is 4.52. The van der Waals surface area contributed by atoms with Crippen LogP contribution in [-0.2, 0) is 21.2 Å². The summed E-state index contributed by atoms with van der Waals surface area (Å²) in [5.74, 6) is -0.0433. The molecular formula is C20H24N2O3S. The van der Waals surface area contributed by atoms with Gasteiger partial charge in [0.1, 0.15) is 0 Å². The molecule has 0 saturated carbocycles. The lowest BCUT2D eigenvalue weighted by Gasteiger charge is -2.31. The van der Waals surface area contributed by atoms with Crippen molar-refractivity contribution < 1.29 is 13.2 Å². The molecule has 1 aliphatic rings. The first kappa shape index (κ1) is 18.5. The Balaban J connectivity index is 1.93. The number of carbonyl (C=O) groups excluding carboxylic acids is 1. The number of hydrogen-bond acceptors (Lipinski definition) is 3. The molecule has 26 heavy (non-hydrogen) atoms. The fourth-order valence-corrected chi connectivity index (χ4v) is 4.33. The third kappa shape index (κ3) is 3.75. The highest BCUT2D eigenvalue weighted by Crippen LogP contribution is 2.32. The van der Waals surface area contributed by atoms with E-state index in [0.717, 1.165) is 29.7 Å². The fourth-order valence-electron chi connectivity index (χ4n) is 3.18. The summed E-state index contributed by atoms with van der Waals surface area (Å²) < 4.78 is 27.9. The number of rotatable bonds is 4. The smallest absolute Gasteiger partial charge is 0.261 e. The number of amides is 1. The summed E-state index contributed by atoms with van der Waals surface area (Å²) in [6, 6.07) is 12.2. The maximum absolute atomic E-state index is 12.7. The number of sulfonamides is 1. The average Bonchev–Trinajstić information content (AvgIpc) is 2.60. The second-order valence-electron chi connectivity index (χ2n) is 7.01. The van der Waals surface area contributed by atoms with Crippen LogP contribution in [0.15, 0.2) is 47.4 Å². The number of fused-ring (bicyclic) bond motifs is 1. The molecule has 6 heteroatoms. The standard InChI is InChI=1S/C20H24N2O3S/c1-14(2)20(23)22-11-5-7-16-9-10-17(13-19(16)22)21-26(24,25)18-8-4-6-15(3)12-18/h4,6,8-10,12-14,21H,5,7,11H2,1-3H3. The van der Waals surface area contributed by atoms with E-state index in [-0.39, 0.29) is 16.7 Å². The van der Waals surface area contributed by atoms with Crippen LogP contribution in [-0.4, -0.2) is 20.9 Å². The van der Waals surface area contributed by atoms with Crippen molar-refractivity contribution in [2.75, 3.05) is 16.2 Å². The van der Waals surface area contributed by atoms with Gasteiger partial charge in [0.15, 0.2) is 0 Å². The Morgan fingerprint density at radius 2 is 1.92 bits per heavy atom. The molecule has 0 bridgehead atoms. The van der Waals surface area contributed by atoms with Gasteiger partial charge in [0.25, 0.3) is 10.0 Å². The number of anilines is 2. The second kappa shape index (κ2) is 7.11. The van der Waals surface area contributed by atoms with E-state index in [9.17, 15) is 13.2 Å². The molecule has 0 spiro atoms. The maximum atomic E-state index is 12.7. The summed E-state index contributed by atoms with van der Waals surface area (Å²) in [4.78, 5) is 14.5. The van der Waals surface area contributed by atoms with Crippen molar-refractivity contribution >= 4 is 27.3 Å². The monoisotopic (exact) mass is 372 g/mol. The van der Waals surface area contributed by atoms with Crippen LogP contribution in [0.25, 0.3) is 0 Å². The van der Waals surface area contributed by atoms with Crippen molar-refractivity contribution in [3.05, 3.63) is 53.6 Å². The SMILES string of the molecule is Cc1cccc(S(=O)(=O)Nc2ccc3c(c2)N(C(=O)C(C)C)CCC3)c1. The van der Waals surface area contributed by atoms with Crippen LogP contribution in [0.3, 0.4) is 0 Å². The number of hydrogen-bond donors (Lipinski definition) is 1. The van der Waals surface area contributed by atoms with E-state index in [0.29, 0.717) is 12.2 Å². The van der Waals surface area contributed by atoms with Gasteiger partial charge in [-0.25, -0.2) is 8.42 Å². The van der Waals surface area contributed by atoms with E-state index in [1.54, 1.807) is 35.2 Å². The van der Waals surface area contributed by atoms with Gasteiger partial charge in [-0.05, 0) is 55.2 Å². The molecule has 1 amide bonds. The maximum Gasteiger partial charge on any atom is 0.261 e. The van der Waals surface area contributed by atoms with E-state index in [4.69, 9.17) is 0 Å². The Morgan fingerprint density at radius 1 is 1.15 bits per heavy atom. The summed E-state index contributed by atoms with van der Waals surface area (Å²) >= 11 is 0. The minimum absolute atomic E-state index is 0.0599. The van der Waals surface area contributed by atoms with E-state index >= 15 is 0 Å². The van der Waals surface area contributed by atoms with Gasteiger partial charge in [0.05, 0.1) is 10.6 Å². The minimum atomic E-state index is -3.67. The highest BCUT2D eigenvalue weighted by atomic mass is 32.2. The number of carbonyl (C=O) groups is 1. The van der Waals surface area contributed by atoms with Crippen LogP contribution >= 0.6 is 0 Å². The van der Waals surface area contributed by atoms with Gasteiger partial charge in [-0.2, -0.15) is 0 Å². The van der Waals surface area contributed by atoms with Gasteiger partial charge >= 0.3 is 0 Å². The molecule has 0 fully saturated rings. The Bertz CT molecular complexity index is 936. The molecule has 0 radical (unpaired) electrons. The fraction of sp³-hybridized carbons (Fsp3) is 0.350. The summed E-state index contributed by atoms with van der Waals surface area (Å²) in [7, 11) is -3.67. The van der Waals surface area contributed by atoms with Gasteiger partial charge < -0.3 is 4.90 Å². The summed E-state index contributed by atoms with van der Waals surface area (Å²) in [5, 5.41) is 0. The van der Waals surface area contributed by atoms with Crippen LogP contribution in [0.5, 0.6) is 0 Å². The molecule has 1 aliphatic heterocycles. The number of nitrogens with one attached hydrogen (secondary N) is 1. The van der Waals surface area contributed by atoms with E-state index in [1.807, 2.05) is 32.9 Å². The van der Waals surface area contributed by atoms with Crippen LogP contribution < -0.4 is 9.62 Å². The zero-order valence-corrected chi connectivity index (χ0v) is 16.1. The van der Waals surface area contributed by atoms with Crippen molar-refractivity contribution in [1.29, 1.82) is 0 Å². The van der Waals surface area contributed by atoms with E-state index < -0.39 is 10.0 Å². The normalized spacial score (nSPS) is 14.2. The van der Waals surface area contributed by atoms with Gasteiger partial charge in [-0.15, -0.1) is 0 Å². The Labute approximate surface area is 155 Å². The van der Waals surface area contributed by atoms with E-state index in [2.05, 4.69) is 4.72 Å². The lowest BCUT2D eigenvalue weighted by Crippen LogP contribution is -2.38. The highest BCUT2D eigenvalue weighted by molar-refractivity contribution is 7.92. The highest BCUT2D eigenvalue weighted by Gasteiger charge is 2.25. The first-order valence-corrected chi connectivity index (χ1v) is 10.3. The Hall–Kier alpha value is -2.34. The number of benzene rings is 2. The topological polar surface area (TPSA) is 66.5 Å². The van der Waals surface area contributed by atoms with E-state index in [1.165, 1.54) is 0 Å². The number of aryl methyl sites for hydroxylation is 2. The molecule has 2 aromatic rings. The van der Waals surface area contributed by atoms with Gasteiger partial charge in [-0.3, -0.25) is 9.52 Å². The predicted molar refractivity (Wildman–Crippen MR) is 104 cm³/mol. The van der Waals surface area contributed by atoms with Gasteiger partial charge in [0.2, 0.25) is 5.91 Å². The molecule has 2 aromatic carbocycles. The van der Waals surface area contributed by atoms with Crippen molar-refractivity contribution in [1.82, 2.24) is 0 Å². The Kier molecular flexibility index (Phi) is 5.05. The van der Waals surface area contributed by atoms with Crippen LogP contribution in [0.4, 0.5) is 11.4 Å². The molecule has 0 unspecified atom stereocenters. The van der Waals surface area contributed by atoms with Crippen molar-refractivity contribution in [2.24, 2.45) is 5.92 Å². The molecule has 5 nitrogen and oxygen atoms in total. The largest absolute Gasteiger partial charge is 0.312 e. The third-order valence-corrected chi connectivity index (χ3v) is 5.89. The lowest BCUT2D eigenvalue weighted by molar-refractivity contribution is -0.121. The first-order chi connectivity index (χ1) is 12.3. The molecule has 1 N–H and O–H groups in total. The molecule has 1 heterocycles. The molecule has 0 aromatic heterocycles. The molecular weight excluding hydrogens is 348 g/mol. The molecule has 138 valence electrons. The van der Waals surface area contributed by atoms with Crippen LogP contribution in [0, 0.1) is 12.8 Å². The molecule has 0 aliphatic carbocycles. The second-order valence-corrected chi connectivity index (χ2v) is 8.70. The number of nitrogens with zero attached hydrogens (tertiary/aromatic N) is 1. The Morgan fingerprint density at radius 3 is 2.62 bits per heavy atom. The van der Waals surface area contributed by atoms with Crippen molar-refractivity contribution in [3.8, 4) is 0 Å². The van der Waals surface area contributed by atoms with Crippen LogP contribution in [0.1, 0.15) is 31.4 Å². The van der Waals surface area contributed by atoms with Crippen LogP contribution in [0.2, 0.25) is 0 Å². The lowest BCUT2D eigenvalue weighted by atomic mass is 9.99. The first-order valence-electron chi connectivity index (χ1n) is 8.82. The average molecular weight is 372 g/mol. The zero-order valence-electron chi connectivity index (χ0n) is 15.3. The molecule has 3 rings (SSSR count).